The zero-order chi connectivity index (χ0) is 96.2. The summed E-state index contributed by atoms with van der Waals surface area (Å²) in [5.41, 5.74) is 33.0. The summed E-state index contributed by atoms with van der Waals surface area (Å²) in [6, 6.07) is 161. The summed E-state index contributed by atoms with van der Waals surface area (Å²) in [5, 5.41) is 4.80. The Kier molecular flexibility index (Phi) is 25.5. The Labute approximate surface area is 829 Å². The number of hydrogen-bond acceptors (Lipinski definition) is 14. The molecular weight excluding hydrogens is 1750 g/mol. The maximum Gasteiger partial charge on any atom is 0.164 e. The van der Waals surface area contributed by atoms with Gasteiger partial charge >= 0.3 is 0 Å². The molecule has 24 rings (SSSR count). The SMILES string of the molecule is Cc1cc(-c2ccc(-c3cc(-c4ccc(-c5ccncn5)cc4)cc(-c4nc(-c5ccccc5)nc(-c5ccccc5)n4)c3)cc2)ccn1.Cc1ccc(-c2ccc(-c3cc(-c4nc(-c5ccccc5)nc(-c5ccccc5)n4)cc(-c4cccc5ccccc45)c3)cc2)cn1.Cc1cccc(-c2ccc(-c3cc(-c4nc(-c5ccccc5)nc(-c5ccccc5)n4)cc(-c4cccc5ccccc45)c3)cc2)n1. The molecule has 7 heterocycles. The van der Waals surface area contributed by atoms with Gasteiger partial charge in [0, 0.05) is 102 Å². The first-order chi connectivity index (χ1) is 70.5. The largest absolute Gasteiger partial charge is 0.262 e. The Balaban J connectivity index is 0.000000123. The molecule has 143 heavy (non-hydrogen) atoms. The molecule has 0 atom stereocenters. The van der Waals surface area contributed by atoms with Crippen LogP contribution in [0, 0.1) is 20.8 Å². The first kappa shape index (κ1) is 89.1. The Hall–Kier alpha value is -19.2. The van der Waals surface area contributed by atoms with Gasteiger partial charge in [0.2, 0.25) is 0 Å². The van der Waals surface area contributed by atoms with Crippen LogP contribution in [0.1, 0.15) is 17.1 Å². The molecule has 24 aromatic rings. The number of fused-ring (bicyclic) bond motifs is 2. The molecule has 7 aromatic heterocycles. The van der Waals surface area contributed by atoms with Gasteiger partial charge in [0.15, 0.2) is 52.4 Å². The summed E-state index contributed by atoms with van der Waals surface area (Å²) < 4.78 is 0. The second-order valence-corrected chi connectivity index (χ2v) is 35.0. The Morgan fingerprint density at radius 3 is 0.783 bits per heavy atom. The molecule has 17 aromatic carbocycles. The fraction of sp³-hybridized carbons (Fsp3) is 0.0233. The lowest BCUT2D eigenvalue weighted by Crippen LogP contribution is -2.00. The number of benzene rings is 17. The third kappa shape index (κ3) is 20.3. The molecule has 676 valence electrons. The van der Waals surface area contributed by atoms with E-state index in [1.165, 1.54) is 21.5 Å². The van der Waals surface area contributed by atoms with Gasteiger partial charge in [-0.25, -0.2) is 54.8 Å². The van der Waals surface area contributed by atoms with Gasteiger partial charge in [-0.1, -0.05) is 376 Å². The molecule has 14 nitrogen and oxygen atoms in total. The molecule has 14 heteroatoms. The monoisotopic (exact) mass is 1830 g/mol. The van der Waals surface area contributed by atoms with Crippen LogP contribution in [0.3, 0.4) is 0 Å². The van der Waals surface area contributed by atoms with Gasteiger partial charge in [-0.05, 0) is 217 Å². The van der Waals surface area contributed by atoms with E-state index in [1.54, 1.807) is 12.5 Å². The molecule has 0 spiro atoms. The molecule has 0 radical (unpaired) electrons. The second kappa shape index (κ2) is 41.0. The molecule has 0 saturated carbocycles. The highest BCUT2D eigenvalue weighted by molar-refractivity contribution is 6.00. The van der Waals surface area contributed by atoms with E-state index in [0.717, 1.165) is 179 Å². The van der Waals surface area contributed by atoms with Crippen molar-refractivity contribution < 1.29 is 0 Å². The minimum atomic E-state index is 0.609. The average Bonchev–Trinajstić information content (AvgIpc) is 0.776. The van der Waals surface area contributed by atoms with Crippen LogP contribution in [0.25, 0.3) is 236 Å². The normalized spacial score (nSPS) is 11.0. The number of rotatable bonds is 19. The summed E-state index contributed by atoms with van der Waals surface area (Å²) in [6.07, 6.45) is 7.11. The van der Waals surface area contributed by atoms with Gasteiger partial charge in [0.25, 0.3) is 0 Å². The Morgan fingerprint density at radius 1 is 0.147 bits per heavy atom. The van der Waals surface area contributed by atoms with Crippen LogP contribution < -0.4 is 0 Å². The van der Waals surface area contributed by atoms with Crippen LogP contribution in [-0.4, -0.2) is 69.8 Å². The van der Waals surface area contributed by atoms with Crippen molar-refractivity contribution in [3.8, 4) is 214 Å². The molecule has 0 unspecified atom stereocenters. The van der Waals surface area contributed by atoms with Gasteiger partial charge in [-0.15, -0.1) is 0 Å². The van der Waals surface area contributed by atoms with Gasteiger partial charge < -0.3 is 0 Å². The van der Waals surface area contributed by atoms with E-state index in [0.29, 0.717) is 52.4 Å². The van der Waals surface area contributed by atoms with E-state index in [2.05, 4.69) is 275 Å². The summed E-state index contributed by atoms with van der Waals surface area (Å²) in [5.74, 6) is 5.68. The highest BCUT2D eigenvalue weighted by atomic mass is 15.1. The van der Waals surface area contributed by atoms with Gasteiger partial charge in [-0.3, -0.25) is 15.0 Å². The van der Waals surface area contributed by atoms with Crippen molar-refractivity contribution in [2.45, 2.75) is 20.8 Å². The molecule has 0 amide bonds. The number of hydrogen-bond donors (Lipinski definition) is 0. The fourth-order valence-corrected chi connectivity index (χ4v) is 17.9. The first-order valence-corrected chi connectivity index (χ1v) is 47.5. The predicted molar refractivity (Wildman–Crippen MR) is 581 cm³/mol. The van der Waals surface area contributed by atoms with Crippen molar-refractivity contribution in [3.63, 3.8) is 0 Å². The standard InChI is InChI=1S/C43H30N6.2C43H30N4/c1-29-24-36(20-23-45-29)30-12-14-31(15-13-30)37-25-38(32-16-18-33(19-17-32)40-21-22-44-28-46-40)27-39(26-37)43-48-41(34-8-4-2-5-9-34)47-42(49-43)35-10-6-3-7-11-35;1-29-12-10-21-40(44-29)32-24-22-30(23-25-32)35-26-36(39-20-11-18-31-13-8-9-19-38(31)39)28-37(27-35)43-46-41(33-14-4-2-5-15-33)45-42(47-43)34-16-6-3-7-17-34;1-29-19-20-35(28-44-29)30-21-23-31(24-22-30)36-25-37(40-18-10-16-32-11-8-9-17-39(32)40)27-38(26-36)43-46-41(33-12-4-2-5-13-33)45-42(47-43)34-14-6-3-7-15-34/h2-28H,1H3;2*2-28H,1H3. The zero-order valence-corrected chi connectivity index (χ0v) is 78.5. The summed E-state index contributed by atoms with van der Waals surface area (Å²) >= 11 is 0. The minimum Gasteiger partial charge on any atom is -0.262 e. The van der Waals surface area contributed by atoms with Crippen LogP contribution in [0.4, 0.5) is 0 Å². The molecule has 0 N–H and O–H groups in total. The second-order valence-electron chi connectivity index (χ2n) is 35.0. The number of aromatic nitrogens is 14. The van der Waals surface area contributed by atoms with E-state index in [9.17, 15) is 0 Å². The van der Waals surface area contributed by atoms with Crippen LogP contribution in [-0.2, 0) is 0 Å². The highest BCUT2D eigenvalue weighted by Gasteiger charge is 2.22. The fourth-order valence-electron chi connectivity index (χ4n) is 17.9. The maximum absolute atomic E-state index is 5.06. The lowest BCUT2D eigenvalue weighted by Gasteiger charge is -2.14. The number of aryl methyl sites for hydroxylation is 3. The molecule has 0 fully saturated rings. The van der Waals surface area contributed by atoms with Crippen molar-refractivity contribution in [3.05, 3.63) is 509 Å². The van der Waals surface area contributed by atoms with Crippen LogP contribution in [0.15, 0.2) is 492 Å². The lowest BCUT2D eigenvalue weighted by molar-refractivity contribution is 1.07. The molecule has 0 aliphatic rings. The average molecular weight is 1840 g/mol. The minimum absolute atomic E-state index is 0.609. The molecule has 0 bridgehead atoms. The van der Waals surface area contributed by atoms with Gasteiger partial charge in [0.05, 0.1) is 11.4 Å². The number of pyridine rings is 3. The van der Waals surface area contributed by atoms with Crippen LogP contribution in [0.2, 0.25) is 0 Å². The van der Waals surface area contributed by atoms with E-state index in [-0.39, 0.29) is 0 Å². The first-order valence-electron chi connectivity index (χ1n) is 47.5. The van der Waals surface area contributed by atoms with Crippen molar-refractivity contribution in [2.24, 2.45) is 0 Å². The molecule has 0 aliphatic heterocycles. The molecule has 0 aliphatic carbocycles. The maximum atomic E-state index is 5.06. The Morgan fingerprint density at radius 2 is 0.441 bits per heavy atom. The highest BCUT2D eigenvalue weighted by Crippen LogP contribution is 2.43. The third-order valence-corrected chi connectivity index (χ3v) is 25.3. The molecular formula is C129H90N14. The summed E-state index contributed by atoms with van der Waals surface area (Å²) in [6.45, 7) is 6.04. The van der Waals surface area contributed by atoms with E-state index in [1.807, 2.05) is 245 Å². The van der Waals surface area contributed by atoms with Crippen molar-refractivity contribution in [2.75, 3.05) is 0 Å². The smallest absolute Gasteiger partial charge is 0.164 e. The summed E-state index contributed by atoms with van der Waals surface area (Å²) in [4.78, 5) is 67.1. The lowest BCUT2D eigenvalue weighted by atomic mass is 9.92. The Bertz CT molecular complexity index is 8470. The predicted octanol–water partition coefficient (Wildman–Crippen LogP) is 31.5. The van der Waals surface area contributed by atoms with Gasteiger partial charge in [-0.2, -0.15) is 0 Å². The zero-order valence-electron chi connectivity index (χ0n) is 78.5. The van der Waals surface area contributed by atoms with Gasteiger partial charge in [0.1, 0.15) is 6.33 Å². The van der Waals surface area contributed by atoms with Crippen molar-refractivity contribution in [1.29, 1.82) is 0 Å². The van der Waals surface area contributed by atoms with Crippen LogP contribution in [0.5, 0.6) is 0 Å². The van der Waals surface area contributed by atoms with Crippen molar-refractivity contribution in [1.82, 2.24) is 69.8 Å². The quantitative estimate of drug-likeness (QED) is 0.0746. The van der Waals surface area contributed by atoms with Crippen molar-refractivity contribution >= 4 is 21.5 Å². The van der Waals surface area contributed by atoms with E-state index >= 15 is 0 Å². The topological polar surface area (TPSA) is 180 Å². The number of nitrogens with zero attached hydrogens (tertiary/aromatic N) is 14. The molecule has 0 saturated heterocycles. The third-order valence-electron chi connectivity index (χ3n) is 25.3. The van der Waals surface area contributed by atoms with Crippen LogP contribution >= 0.6 is 0 Å². The van der Waals surface area contributed by atoms with E-state index in [4.69, 9.17) is 49.8 Å². The van der Waals surface area contributed by atoms with E-state index < -0.39 is 0 Å². The summed E-state index contributed by atoms with van der Waals surface area (Å²) in [7, 11) is 0.